The minimum Gasteiger partial charge on any atom is -1.00 e. The van der Waals surface area contributed by atoms with Crippen LogP contribution in [0.3, 0.4) is 0 Å². The van der Waals surface area contributed by atoms with Crippen LogP contribution in [0.5, 0.6) is 0 Å². The van der Waals surface area contributed by atoms with Crippen LogP contribution in [0.2, 0.25) is 0 Å². The molecule has 0 aromatic carbocycles. The van der Waals surface area contributed by atoms with E-state index in [2.05, 4.69) is 0 Å². The Bertz CT molecular complexity index is 193. The Morgan fingerprint density at radius 2 is 1.67 bits per heavy atom. The molecule has 0 bridgehead atoms. The molecule has 0 aromatic rings. The van der Waals surface area contributed by atoms with Crippen molar-refractivity contribution < 1.29 is 17.0 Å². The van der Waals surface area contributed by atoms with E-state index in [0.717, 1.165) is 0 Å². The van der Waals surface area contributed by atoms with Crippen molar-refractivity contribution in [2.75, 3.05) is 28.2 Å². The monoisotopic (exact) mass is 230 g/mol. The Morgan fingerprint density at radius 3 is 1.92 bits per heavy atom. The second kappa shape index (κ2) is 6.58. The van der Waals surface area contributed by atoms with Gasteiger partial charge in [0.15, 0.2) is 0 Å². The number of hydrogen-bond acceptors (Lipinski definition) is 1. The molecule has 0 rings (SSSR count). The van der Waals surface area contributed by atoms with Gasteiger partial charge in [0.1, 0.15) is 19.3 Å². The highest BCUT2D eigenvalue weighted by atomic mass is 35.5. The van der Waals surface area contributed by atoms with Crippen LogP contribution in [0.25, 0.3) is 0 Å². The number of nitrogens with zero attached hydrogens (tertiary/aromatic N) is 2. The lowest BCUT2D eigenvalue weighted by Gasteiger charge is -2.08. The third-order valence-corrected chi connectivity index (χ3v) is 1.99. The molecule has 0 atom stereocenters. The molecule has 0 unspecified atom stereocenters. The summed E-state index contributed by atoms with van der Waals surface area (Å²) in [6, 6.07) is 0. The van der Waals surface area contributed by atoms with Crippen LogP contribution in [-0.4, -0.2) is 42.8 Å². The predicted octanol–water partition coefficient (Wildman–Crippen LogP) is -1.46. The van der Waals surface area contributed by atoms with Gasteiger partial charge in [0, 0.05) is 14.1 Å². The van der Waals surface area contributed by atoms with E-state index in [4.69, 9.17) is 23.2 Å². The van der Waals surface area contributed by atoms with E-state index >= 15 is 0 Å². The van der Waals surface area contributed by atoms with E-state index < -0.39 is 0 Å². The fourth-order valence-corrected chi connectivity index (χ4v) is 0.619. The summed E-state index contributed by atoms with van der Waals surface area (Å²) in [6.45, 7) is 0. The maximum absolute atomic E-state index is 5.81. The van der Waals surface area contributed by atoms with E-state index in [0.29, 0.717) is 10.3 Å². The quantitative estimate of drug-likeness (QED) is 0.320. The molecule has 0 saturated carbocycles. The molecule has 0 amide bonds. The van der Waals surface area contributed by atoms with Gasteiger partial charge in [-0.15, -0.1) is 0 Å². The van der Waals surface area contributed by atoms with E-state index in [9.17, 15) is 0 Å². The third kappa shape index (κ3) is 5.70. The first kappa shape index (κ1) is 14.6. The first-order valence-corrected chi connectivity index (χ1v) is 3.95. The Balaban J connectivity index is 0. The number of allylic oxidation sites excluding steroid dienone is 1. The van der Waals surface area contributed by atoms with Crippen LogP contribution in [0.1, 0.15) is 0 Å². The highest BCUT2D eigenvalue weighted by Crippen LogP contribution is 2.05. The molecule has 0 aliphatic heterocycles. The lowest BCUT2D eigenvalue weighted by atomic mass is 10.6. The minimum absolute atomic E-state index is 0. The topological polar surface area (TPSA) is 6.25 Å². The summed E-state index contributed by atoms with van der Waals surface area (Å²) in [6.07, 6.45) is 1.70. The molecule has 0 N–H and O–H groups in total. The van der Waals surface area contributed by atoms with Gasteiger partial charge in [-0.1, -0.05) is 11.6 Å². The second-order valence-electron chi connectivity index (χ2n) is 2.58. The molecular formula is C7H13Cl3N2. The average molecular weight is 232 g/mol. The summed E-state index contributed by atoms with van der Waals surface area (Å²) in [5, 5.41) is 1.23. The van der Waals surface area contributed by atoms with Crippen molar-refractivity contribution in [2.24, 2.45) is 0 Å². The van der Waals surface area contributed by atoms with E-state index in [1.54, 1.807) is 15.6 Å². The molecule has 0 radical (unpaired) electrons. The number of rotatable bonds is 2. The molecule has 12 heavy (non-hydrogen) atoms. The van der Waals surface area contributed by atoms with Crippen molar-refractivity contribution >= 4 is 28.4 Å². The van der Waals surface area contributed by atoms with Gasteiger partial charge in [-0.2, -0.15) is 0 Å². The summed E-state index contributed by atoms with van der Waals surface area (Å²) in [7, 11) is 7.44. The van der Waals surface area contributed by atoms with Gasteiger partial charge < -0.3 is 17.3 Å². The molecule has 2 nitrogen and oxygen atoms in total. The molecule has 0 aromatic heterocycles. The molecular weight excluding hydrogens is 218 g/mol. The zero-order valence-electron chi connectivity index (χ0n) is 7.61. The Labute approximate surface area is 89.9 Å². The van der Waals surface area contributed by atoms with Crippen molar-refractivity contribution in [3.63, 3.8) is 0 Å². The first-order valence-electron chi connectivity index (χ1n) is 3.19. The average Bonchev–Trinajstić information content (AvgIpc) is 1.87. The largest absolute Gasteiger partial charge is 1.00 e. The van der Waals surface area contributed by atoms with Crippen molar-refractivity contribution in [1.82, 2.24) is 4.90 Å². The van der Waals surface area contributed by atoms with Gasteiger partial charge >= 0.3 is 0 Å². The molecule has 0 saturated heterocycles. The molecule has 0 aliphatic rings. The second-order valence-corrected chi connectivity index (χ2v) is 3.35. The molecule has 0 spiro atoms. The number of halogens is 3. The van der Waals surface area contributed by atoms with Crippen molar-refractivity contribution in [1.29, 1.82) is 0 Å². The fourth-order valence-electron chi connectivity index (χ4n) is 0.356. The highest BCUT2D eigenvalue weighted by Gasteiger charge is 2.02. The van der Waals surface area contributed by atoms with Crippen LogP contribution in [0, 0.1) is 0 Å². The van der Waals surface area contributed by atoms with Gasteiger partial charge in [0.05, 0.1) is 6.08 Å². The SMILES string of the molecule is CN(C)/C(Cl)=C/C(Cl)=[N+](C)C.[Cl-]. The van der Waals surface area contributed by atoms with Crippen LogP contribution in [-0.2, 0) is 0 Å². The molecule has 72 valence electrons. The zero-order valence-corrected chi connectivity index (χ0v) is 9.87. The Morgan fingerprint density at radius 1 is 1.25 bits per heavy atom. The predicted molar refractivity (Wildman–Crippen MR) is 50.6 cm³/mol. The van der Waals surface area contributed by atoms with Gasteiger partial charge in [0.25, 0.3) is 5.17 Å². The van der Waals surface area contributed by atoms with Crippen molar-refractivity contribution in [3.8, 4) is 0 Å². The smallest absolute Gasteiger partial charge is 0.272 e. The summed E-state index contributed by atoms with van der Waals surface area (Å²) < 4.78 is 1.79. The highest BCUT2D eigenvalue weighted by molar-refractivity contribution is 6.67. The Kier molecular flexibility index (Phi) is 8.00. The summed E-state index contributed by atoms with van der Waals surface area (Å²) in [4.78, 5) is 1.79. The standard InChI is InChI=1S/C7H13Cl2N2.ClH/c1-10(2)6(8)5-7(9)11(3)4;/h5H,1-4H3;1H/q+1;/p-1. The van der Waals surface area contributed by atoms with Crippen LogP contribution in [0.4, 0.5) is 0 Å². The summed E-state index contributed by atoms with van der Waals surface area (Å²) in [5.74, 6) is 0. The van der Waals surface area contributed by atoms with E-state index in [-0.39, 0.29) is 12.4 Å². The van der Waals surface area contributed by atoms with Gasteiger partial charge in [-0.05, 0) is 11.6 Å². The Hall–Kier alpha value is 0.0800. The van der Waals surface area contributed by atoms with E-state index in [1.165, 1.54) is 0 Å². The molecule has 0 heterocycles. The van der Waals surface area contributed by atoms with Gasteiger partial charge in [0.2, 0.25) is 0 Å². The van der Waals surface area contributed by atoms with Crippen LogP contribution in [0.15, 0.2) is 11.2 Å². The summed E-state index contributed by atoms with van der Waals surface area (Å²) in [5.41, 5.74) is 0. The summed E-state index contributed by atoms with van der Waals surface area (Å²) >= 11 is 11.6. The minimum atomic E-state index is 0. The van der Waals surface area contributed by atoms with Gasteiger partial charge in [-0.25, -0.2) is 4.58 Å². The lowest BCUT2D eigenvalue weighted by Crippen LogP contribution is -3.00. The molecule has 0 fully saturated rings. The third-order valence-electron chi connectivity index (χ3n) is 1.09. The maximum atomic E-state index is 5.81. The molecule has 0 aliphatic carbocycles. The van der Waals surface area contributed by atoms with Gasteiger partial charge in [-0.3, -0.25) is 0 Å². The first-order chi connectivity index (χ1) is 4.95. The molecule has 5 heteroatoms. The van der Waals surface area contributed by atoms with Crippen LogP contribution >= 0.6 is 23.2 Å². The van der Waals surface area contributed by atoms with Crippen molar-refractivity contribution in [2.45, 2.75) is 0 Å². The normalized spacial score (nSPS) is 10.3. The van der Waals surface area contributed by atoms with Crippen LogP contribution < -0.4 is 12.4 Å². The fraction of sp³-hybridized carbons (Fsp3) is 0.571. The number of hydrogen-bond donors (Lipinski definition) is 0. The van der Waals surface area contributed by atoms with Crippen molar-refractivity contribution in [3.05, 3.63) is 11.2 Å². The zero-order chi connectivity index (χ0) is 9.02. The maximum Gasteiger partial charge on any atom is 0.272 e. The van der Waals surface area contributed by atoms with E-state index in [1.807, 2.05) is 28.2 Å². The lowest BCUT2D eigenvalue weighted by molar-refractivity contribution is -0.461.